The lowest BCUT2D eigenvalue weighted by Gasteiger charge is -1.77. The number of nitrogens with zero attached hydrogens (tertiary/aromatic N) is 5. The minimum absolute atomic E-state index is 0. The number of aromatic nitrogens is 5. The highest BCUT2D eigenvalue weighted by Crippen LogP contribution is 1.73. The number of aryl methyl sites for hydroxylation is 2. The van der Waals surface area contributed by atoms with Crippen molar-refractivity contribution in [3.05, 3.63) is 31.1 Å². The van der Waals surface area contributed by atoms with Crippen LogP contribution in [0.2, 0.25) is 0 Å². The Kier molecular flexibility index (Phi) is 29.1. The van der Waals surface area contributed by atoms with E-state index < -0.39 is 0 Å². The first kappa shape index (κ1) is 25.3. The van der Waals surface area contributed by atoms with Gasteiger partial charge in [-0.1, -0.05) is 42.5 Å². The molecule has 2 aromatic heterocycles. The third-order valence-corrected chi connectivity index (χ3v) is 1.17. The van der Waals surface area contributed by atoms with Crippen LogP contribution in [0.4, 0.5) is 0 Å². The van der Waals surface area contributed by atoms with E-state index in [1.807, 2.05) is 54.1 Å². The molecule has 2 aromatic rings. The third-order valence-electron chi connectivity index (χ3n) is 1.17. The molecule has 0 radical (unpaired) electrons. The summed E-state index contributed by atoms with van der Waals surface area (Å²) in [7, 11) is 3.72. The number of rotatable bonds is 0. The first-order chi connectivity index (χ1) is 7.79. The highest BCUT2D eigenvalue weighted by atomic mass is 15.3. The summed E-state index contributed by atoms with van der Waals surface area (Å²) in [6.07, 6.45) is 6.78. The number of hydrogen-bond donors (Lipinski definition) is 0. The molecule has 0 aliphatic rings. The van der Waals surface area contributed by atoms with Crippen molar-refractivity contribution < 1.29 is 0 Å². The van der Waals surface area contributed by atoms with Gasteiger partial charge in [0, 0.05) is 26.5 Å². The van der Waals surface area contributed by atoms with Crippen molar-refractivity contribution in [3.63, 3.8) is 0 Å². The Bertz CT molecular complexity index is 255. The highest BCUT2D eigenvalue weighted by Gasteiger charge is 1.70. The summed E-state index contributed by atoms with van der Waals surface area (Å²) in [6, 6.07) is 1.89. The summed E-state index contributed by atoms with van der Waals surface area (Å²) in [6.45, 7) is 8.00. The zero-order valence-corrected chi connectivity index (χ0v) is 11.1. The summed E-state index contributed by atoms with van der Waals surface area (Å²) in [4.78, 5) is 3.67. The van der Waals surface area contributed by atoms with Crippen LogP contribution in [0.25, 0.3) is 0 Å². The van der Waals surface area contributed by atoms with Gasteiger partial charge in [0.2, 0.25) is 0 Å². The van der Waals surface area contributed by atoms with Crippen LogP contribution < -0.4 is 0 Å². The molecule has 2 heterocycles. The van der Waals surface area contributed by atoms with E-state index in [4.69, 9.17) is 0 Å². The van der Waals surface area contributed by atoms with E-state index >= 15 is 0 Å². The second kappa shape index (κ2) is 20.7. The Morgan fingerprint density at radius 3 is 1.50 bits per heavy atom. The minimum Gasteiger partial charge on any atom is -0.276 e. The average molecular weight is 257 g/mol. The van der Waals surface area contributed by atoms with Gasteiger partial charge >= 0.3 is 0 Å². The van der Waals surface area contributed by atoms with Gasteiger partial charge < -0.3 is 0 Å². The van der Waals surface area contributed by atoms with E-state index in [-0.39, 0.29) is 14.9 Å². The Hall–Kier alpha value is -1.65. The molecule has 0 bridgehead atoms. The van der Waals surface area contributed by atoms with Gasteiger partial charge in [0.05, 0.1) is 0 Å². The lowest BCUT2D eigenvalue weighted by Crippen LogP contribution is -1.83. The molecular formula is C13H31N5. The van der Waals surface area contributed by atoms with Crippen molar-refractivity contribution in [3.8, 4) is 0 Å². The lowest BCUT2D eigenvalue weighted by molar-refractivity contribution is 0.765. The fraction of sp³-hybridized carbons (Fsp3) is 0.615. The summed E-state index contributed by atoms with van der Waals surface area (Å²) >= 11 is 0. The van der Waals surface area contributed by atoms with Crippen LogP contribution >= 0.6 is 0 Å². The Morgan fingerprint density at radius 1 is 0.833 bits per heavy atom. The second-order valence-corrected chi connectivity index (χ2v) is 2.25. The van der Waals surface area contributed by atoms with Gasteiger partial charge in [-0.2, -0.15) is 10.2 Å². The van der Waals surface area contributed by atoms with E-state index in [0.717, 1.165) is 0 Å². The predicted molar refractivity (Wildman–Crippen MR) is 80.4 cm³/mol. The van der Waals surface area contributed by atoms with Crippen LogP contribution in [0.5, 0.6) is 0 Å². The Morgan fingerprint density at radius 2 is 1.39 bits per heavy atom. The SMILES string of the molecule is C.C.CC.CC.Cn1cccn1.Cn1cncn1. The van der Waals surface area contributed by atoms with Crippen LogP contribution in [0.15, 0.2) is 31.1 Å². The van der Waals surface area contributed by atoms with Gasteiger partial charge in [0.25, 0.3) is 0 Å². The molecule has 0 amide bonds. The van der Waals surface area contributed by atoms with E-state index in [1.165, 1.54) is 6.33 Å². The van der Waals surface area contributed by atoms with Gasteiger partial charge in [-0.25, -0.2) is 4.98 Å². The van der Waals surface area contributed by atoms with Gasteiger partial charge in [0.15, 0.2) is 0 Å². The van der Waals surface area contributed by atoms with E-state index in [2.05, 4.69) is 15.2 Å². The van der Waals surface area contributed by atoms with Crippen molar-refractivity contribution in [1.82, 2.24) is 24.5 Å². The van der Waals surface area contributed by atoms with E-state index in [0.29, 0.717) is 0 Å². The zero-order valence-electron chi connectivity index (χ0n) is 11.1. The minimum atomic E-state index is 0. The van der Waals surface area contributed by atoms with E-state index in [1.54, 1.807) is 21.9 Å². The first-order valence-electron chi connectivity index (χ1n) is 5.51. The molecule has 0 unspecified atom stereocenters. The summed E-state index contributed by atoms with van der Waals surface area (Å²) in [5.41, 5.74) is 0. The summed E-state index contributed by atoms with van der Waals surface area (Å²) in [5.74, 6) is 0. The summed E-state index contributed by atoms with van der Waals surface area (Å²) < 4.78 is 3.39. The zero-order chi connectivity index (χ0) is 12.8. The Labute approximate surface area is 113 Å². The molecule has 0 fully saturated rings. The van der Waals surface area contributed by atoms with Crippen molar-refractivity contribution in [1.29, 1.82) is 0 Å². The molecule has 5 heteroatoms. The standard InChI is InChI=1S/C4H6N2.C3H5N3.2C2H6.2CH4/c1-6-4-2-3-5-6;1-6-3-4-2-5-6;2*1-2;;/h2-4H,1H3;2-3H,1H3;2*1-2H3;2*1H4. The summed E-state index contributed by atoms with van der Waals surface area (Å²) in [5, 5.41) is 7.56. The fourth-order valence-corrected chi connectivity index (χ4v) is 0.613. The normalized spacial score (nSPS) is 6.56. The van der Waals surface area contributed by atoms with Crippen LogP contribution in [0, 0.1) is 0 Å². The van der Waals surface area contributed by atoms with Gasteiger partial charge in [0.1, 0.15) is 12.7 Å². The largest absolute Gasteiger partial charge is 0.276 e. The maximum absolute atomic E-state index is 3.83. The molecule has 0 spiro atoms. The maximum Gasteiger partial charge on any atom is 0.137 e. The molecule has 0 atom stereocenters. The molecule has 18 heavy (non-hydrogen) atoms. The third kappa shape index (κ3) is 16.8. The van der Waals surface area contributed by atoms with Gasteiger partial charge in [-0.3, -0.25) is 9.36 Å². The molecule has 0 saturated carbocycles. The van der Waals surface area contributed by atoms with Crippen LogP contribution in [-0.4, -0.2) is 24.5 Å². The number of hydrogen-bond acceptors (Lipinski definition) is 3. The van der Waals surface area contributed by atoms with Crippen LogP contribution in [0.1, 0.15) is 42.5 Å². The van der Waals surface area contributed by atoms with Crippen molar-refractivity contribution in [2.45, 2.75) is 42.5 Å². The molecule has 0 N–H and O–H groups in total. The quantitative estimate of drug-likeness (QED) is 0.725. The van der Waals surface area contributed by atoms with Crippen LogP contribution in [0.3, 0.4) is 0 Å². The lowest BCUT2D eigenvalue weighted by atomic mass is 10.8. The molecule has 2 rings (SSSR count). The molecule has 0 aromatic carbocycles. The van der Waals surface area contributed by atoms with E-state index in [9.17, 15) is 0 Å². The van der Waals surface area contributed by atoms with Crippen molar-refractivity contribution >= 4 is 0 Å². The molecule has 108 valence electrons. The second-order valence-electron chi connectivity index (χ2n) is 2.25. The predicted octanol–water partition coefficient (Wildman–Crippen LogP) is 3.56. The van der Waals surface area contributed by atoms with Crippen molar-refractivity contribution in [2.75, 3.05) is 0 Å². The van der Waals surface area contributed by atoms with Gasteiger partial charge in [-0.05, 0) is 6.07 Å². The average Bonchev–Trinajstić information content (AvgIpc) is 2.98. The molecule has 5 nitrogen and oxygen atoms in total. The monoisotopic (exact) mass is 257 g/mol. The first-order valence-corrected chi connectivity index (χ1v) is 5.51. The molecule has 0 aliphatic carbocycles. The Balaban J connectivity index is -0.0000000787. The molecule has 0 aliphatic heterocycles. The molecule has 0 saturated heterocycles. The topological polar surface area (TPSA) is 48.5 Å². The fourth-order valence-electron chi connectivity index (χ4n) is 0.613. The van der Waals surface area contributed by atoms with Gasteiger partial charge in [-0.15, -0.1) is 0 Å². The highest BCUT2D eigenvalue weighted by molar-refractivity contribution is 4.75. The maximum atomic E-state index is 3.83. The molecular weight excluding hydrogens is 226 g/mol. The van der Waals surface area contributed by atoms with Crippen molar-refractivity contribution in [2.24, 2.45) is 14.1 Å². The van der Waals surface area contributed by atoms with Crippen LogP contribution in [-0.2, 0) is 14.1 Å². The smallest absolute Gasteiger partial charge is 0.137 e.